The molecule has 2 fully saturated rings. The number of carbonyl (C=O) groups is 2. The Bertz CT molecular complexity index is 970. The molecule has 2 saturated heterocycles. The van der Waals surface area contributed by atoms with Gasteiger partial charge in [-0.25, -0.2) is 14.2 Å². The van der Waals surface area contributed by atoms with Gasteiger partial charge in [-0.15, -0.1) is 0 Å². The topological polar surface area (TPSA) is 115 Å². The summed E-state index contributed by atoms with van der Waals surface area (Å²) in [6.45, 7) is 5.36. The number of halogens is 1. The molecule has 3 aliphatic heterocycles. The number of amides is 3. The number of nitrogens with zero attached hydrogens (tertiary/aromatic N) is 3. The van der Waals surface area contributed by atoms with Crippen LogP contribution in [0.25, 0.3) is 0 Å². The largest absolute Gasteiger partial charge is 0.366 e. The summed E-state index contributed by atoms with van der Waals surface area (Å²) in [6.07, 6.45) is 3.46. The van der Waals surface area contributed by atoms with Crippen LogP contribution >= 0.6 is 0 Å². The van der Waals surface area contributed by atoms with Crippen molar-refractivity contribution in [3.8, 4) is 0 Å². The van der Waals surface area contributed by atoms with E-state index < -0.39 is 17.4 Å². The Morgan fingerprint density at radius 2 is 2.07 bits per heavy atom. The molecule has 0 saturated carbocycles. The summed E-state index contributed by atoms with van der Waals surface area (Å²) in [7, 11) is 1.74. The van der Waals surface area contributed by atoms with Gasteiger partial charge in [0.25, 0.3) is 5.91 Å². The van der Waals surface area contributed by atoms with E-state index in [9.17, 15) is 14.0 Å². The lowest BCUT2D eigenvalue weighted by Gasteiger charge is -2.40. The molecule has 3 heterocycles. The van der Waals surface area contributed by atoms with Crippen molar-refractivity contribution in [1.29, 1.82) is 0 Å². The second-order valence-corrected chi connectivity index (χ2v) is 7.98. The third kappa shape index (κ3) is 3.17. The summed E-state index contributed by atoms with van der Waals surface area (Å²) in [5, 5.41) is 9.45. The zero-order valence-electron chi connectivity index (χ0n) is 17.3. The molecule has 0 spiro atoms. The van der Waals surface area contributed by atoms with Crippen molar-refractivity contribution in [2.75, 3.05) is 25.5 Å². The third-order valence-corrected chi connectivity index (χ3v) is 5.99. The number of aryl methyl sites for hydroxylation is 1. The van der Waals surface area contributed by atoms with Crippen molar-refractivity contribution in [1.82, 2.24) is 20.4 Å². The number of nitrogens with one attached hydrogen (secondary N) is 3. The molecule has 0 radical (unpaired) electrons. The predicted octanol–water partition coefficient (Wildman–Crippen LogP) is 1.28. The molecule has 4 rings (SSSR count). The highest BCUT2D eigenvalue weighted by molar-refractivity contribution is 5.99. The molecule has 30 heavy (non-hydrogen) atoms. The molecule has 10 heteroatoms. The molecule has 1 aromatic carbocycles. The minimum absolute atomic E-state index is 0.0780. The van der Waals surface area contributed by atoms with Crippen LogP contribution in [0, 0.1) is 12.7 Å². The van der Waals surface area contributed by atoms with E-state index in [0.717, 1.165) is 31.6 Å². The highest BCUT2D eigenvalue weighted by atomic mass is 19.1. The number of carbonyl (C=O) groups excluding carboxylic acids is 2. The maximum absolute atomic E-state index is 14.3. The van der Waals surface area contributed by atoms with Gasteiger partial charge < -0.3 is 21.7 Å². The first kappa shape index (κ1) is 20.1. The number of primary amides is 1. The number of anilines is 1. The van der Waals surface area contributed by atoms with Gasteiger partial charge in [0.15, 0.2) is 5.66 Å². The van der Waals surface area contributed by atoms with Crippen LogP contribution in [0.4, 0.5) is 14.9 Å². The Hall–Kier alpha value is -3.14. The number of piperidine rings is 1. The summed E-state index contributed by atoms with van der Waals surface area (Å²) in [4.78, 5) is 32.6. The van der Waals surface area contributed by atoms with Gasteiger partial charge in [-0.3, -0.25) is 14.6 Å². The van der Waals surface area contributed by atoms with Crippen LogP contribution in [0.2, 0.25) is 0 Å². The molecule has 1 atom stereocenters. The van der Waals surface area contributed by atoms with Crippen molar-refractivity contribution < 1.29 is 14.0 Å². The fraction of sp³-hybridized carbons (Fsp3) is 0.450. The SMILES string of the molecule is Cc1cc(C(N)=O)c(F)cc1NC1=NC2(C)C(=CN1)N(C)C(=O)N2C1CCNCC1. The Morgan fingerprint density at radius 3 is 2.73 bits per heavy atom. The van der Waals surface area contributed by atoms with Crippen molar-refractivity contribution in [2.24, 2.45) is 10.7 Å². The van der Waals surface area contributed by atoms with Gasteiger partial charge >= 0.3 is 6.03 Å². The summed E-state index contributed by atoms with van der Waals surface area (Å²) in [5.41, 5.74) is 6.03. The van der Waals surface area contributed by atoms with Gasteiger partial charge in [0.1, 0.15) is 5.82 Å². The number of nitrogens with two attached hydrogens (primary N) is 1. The van der Waals surface area contributed by atoms with Crippen molar-refractivity contribution >= 4 is 23.6 Å². The average Bonchev–Trinajstić information content (AvgIpc) is 2.90. The van der Waals surface area contributed by atoms with Crippen LogP contribution in [0.1, 0.15) is 35.7 Å². The summed E-state index contributed by atoms with van der Waals surface area (Å²) in [5.74, 6) is -1.14. The number of fused-ring (bicyclic) bond motifs is 1. The fourth-order valence-electron chi connectivity index (χ4n) is 4.40. The van der Waals surface area contributed by atoms with E-state index in [4.69, 9.17) is 10.7 Å². The average molecular weight is 415 g/mol. The van der Waals surface area contributed by atoms with Crippen molar-refractivity contribution in [2.45, 2.75) is 38.4 Å². The molecule has 0 bridgehead atoms. The van der Waals surface area contributed by atoms with Gasteiger partial charge in [-0.1, -0.05) is 0 Å². The van der Waals surface area contributed by atoms with Gasteiger partial charge in [-0.2, -0.15) is 0 Å². The van der Waals surface area contributed by atoms with Gasteiger partial charge in [0.2, 0.25) is 5.96 Å². The predicted molar refractivity (Wildman–Crippen MR) is 111 cm³/mol. The number of guanidine groups is 1. The summed E-state index contributed by atoms with van der Waals surface area (Å²) < 4.78 is 14.3. The Kier molecular flexibility index (Phi) is 4.89. The molecular weight excluding hydrogens is 389 g/mol. The zero-order chi connectivity index (χ0) is 21.6. The minimum Gasteiger partial charge on any atom is -0.366 e. The van der Waals surface area contributed by atoms with E-state index in [0.29, 0.717) is 17.2 Å². The lowest BCUT2D eigenvalue weighted by atomic mass is 10.00. The van der Waals surface area contributed by atoms with E-state index in [2.05, 4.69) is 16.0 Å². The minimum atomic E-state index is -0.874. The van der Waals surface area contributed by atoms with Crippen LogP contribution in [0.3, 0.4) is 0 Å². The van der Waals surface area contributed by atoms with E-state index in [1.54, 1.807) is 25.1 Å². The molecule has 0 aromatic heterocycles. The molecule has 1 aromatic rings. The summed E-state index contributed by atoms with van der Waals surface area (Å²) >= 11 is 0. The van der Waals surface area contributed by atoms with Crippen LogP contribution in [0.5, 0.6) is 0 Å². The molecule has 5 N–H and O–H groups in total. The first-order chi connectivity index (χ1) is 14.2. The maximum Gasteiger partial charge on any atom is 0.326 e. The van der Waals surface area contributed by atoms with Gasteiger partial charge in [0, 0.05) is 25.0 Å². The van der Waals surface area contributed by atoms with E-state index in [-0.39, 0.29) is 17.6 Å². The Balaban J connectivity index is 1.66. The Labute approximate surface area is 174 Å². The number of hydrogen-bond donors (Lipinski definition) is 4. The molecule has 3 aliphatic rings. The summed E-state index contributed by atoms with van der Waals surface area (Å²) in [6, 6.07) is 2.61. The highest BCUT2D eigenvalue weighted by Gasteiger charge is 2.53. The fourth-order valence-corrected chi connectivity index (χ4v) is 4.40. The second-order valence-electron chi connectivity index (χ2n) is 7.98. The van der Waals surface area contributed by atoms with Gasteiger partial charge in [0.05, 0.1) is 11.3 Å². The van der Waals surface area contributed by atoms with Crippen LogP contribution in [-0.4, -0.2) is 59.5 Å². The normalized spacial score (nSPS) is 24.2. The zero-order valence-corrected chi connectivity index (χ0v) is 17.3. The Morgan fingerprint density at radius 1 is 1.37 bits per heavy atom. The molecule has 1 unspecified atom stereocenters. The quantitative estimate of drug-likeness (QED) is 0.594. The number of aliphatic imine (C=N–C) groups is 1. The first-order valence-corrected chi connectivity index (χ1v) is 9.94. The van der Waals surface area contributed by atoms with Crippen LogP contribution in [-0.2, 0) is 0 Å². The van der Waals surface area contributed by atoms with Crippen LogP contribution in [0.15, 0.2) is 29.0 Å². The maximum atomic E-state index is 14.3. The van der Waals surface area contributed by atoms with Crippen LogP contribution < -0.4 is 21.7 Å². The standard InChI is InChI=1S/C20H26FN7O2/c1-11-8-13(17(22)29)14(21)9-15(11)25-18-24-10-16-20(2,26-18)28(19(30)27(16)3)12-4-6-23-7-5-12/h8-10,12,23H,4-7H2,1-3H3,(H2,22,29)(H2,24,25,26). The number of benzene rings is 1. The third-order valence-electron chi connectivity index (χ3n) is 5.99. The molecule has 9 nitrogen and oxygen atoms in total. The van der Waals surface area contributed by atoms with E-state index in [1.807, 2.05) is 11.8 Å². The number of likely N-dealkylation sites (N-methyl/N-ethyl adjacent to an activating group) is 1. The van der Waals surface area contributed by atoms with Gasteiger partial charge in [-0.05, 0) is 57.5 Å². The smallest absolute Gasteiger partial charge is 0.326 e. The number of urea groups is 1. The molecular formula is C20H26FN7O2. The van der Waals surface area contributed by atoms with Crippen molar-refractivity contribution in [3.63, 3.8) is 0 Å². The first-order valence-electron chi connectivity index (χ1n) is 9.94. The monoisotopic (exact) mass is 415 g/mol. The number of rotatable bonds is 3. The van der Waals surface area contributed by atoms with E-state index in [1.165, 1.54) is 12.1 Å². The second kappa shape index (κ2) is 7.28. The molecule has 3 amide bonds. The molecule has 160 valence electrons. The lowest BCUT2D eigenvalue weighted by Crippen LogP contribution is -2.54. The van der Waals surface area contributed by atoms with Crippen molar-refractivity contribution in [3.05, 3.63) is 41.0 Å². The van der Waals surface area contributed by atoms with E-state index >= 15 is 0 Å². The number of hydrogen-bond acceptors (Lipinski definition) is 6. The molecule has 0 aliphatic carbocycles. The highest BCUT2D eigenvalue weighted by Crippen LogP contribution is 2.40. The lowest BCUT2D eigenvalue weighted by molar-refractivity contribution is 0.0996.